The summed E-state index contributed by atoms with van der Waals surface area (Å²) >= 11 is 6.48. The molecule has 2 aromatic carbocycles. The molecule has 0 unspecified atom stereocenters. The van der Waals surface area contributed by atoms with E-state index < -0.39 is 23.6 Å². The van der Waals surface area contributed by atoms with Crippen molar-refractivity contribution in [3.63, 3.8) is 0 Å². The van der Waals surface area contributed by atoms with E-state index in [-0.39, 0.29) is 6.61 Å². The Morgan fingerprint density at radius 1 is 1.21 bits per heavy atom. The Hall–Kier alpha value is -1.63. The van der Waals surface area contributed by atoms with E-state index >= 15 is 0 Å². The zero-order valence-electron chi connectivity index (χ0n) is 16.7. The molecule has 6 heteroatoms. The molecule has 2 saturated heterocycles. The van der Waals surface area contributed by atoms with Gasteiger partial charge in [0.05, 0.1) is 25.4 Å². The first kappa shape index (κ1) is 20.6. The van der Waals surface area contributed by atoms with E-state index in [1.54, 1.807) is 6.92 Å². The van der Waals surface area contributed by atoms with Gasteiger partial charge in [0.15, 0.2) is 5.79 Å². The maximum Gasteiger partial charge on any atom is 0.198 e. The van der Waals surface area contributed by atoms with E-state index in [4.69, 9.17) is 25.8 Å². The highest BCUT2D eigenvalue weighted by molar-refractivity contribution is 6.31. The van der Waals surface area contributed by atoms with E-state index in [1.165, 1.54) is 0 Å². The van der Waals surface area contributed by atoms with Gasteiger partial charge in [-0.3, -0.25) is 0 Å². The lowest BCUT2D eigenvalue weighted by molar-refractivity contribution is -0.258. The molecule has 2 N–H and O–H groups in total. The van der Waals surface area contributed by atoms with Gasteiger partial charge in [-0.15, -0.1) is 0 Å². The highest BCUT2D eigenvalue weighted by Crippen LogP contribution is 2.50. The van der Waals surface area contributed by atoms with Crippen molar-refractivity contribution in [2.75, 3.05) is 13.2 Å². The average Bonchev–Trinajstić information content (AvgIpc) is 2.98. The van der Waals surface area contributed by atoms with Crippen LogP contribution >= 0.6 is 11.6 Å². The van der Waals surface area contributed by atoms with E-state index in [2.05, 4.69) is 0 Å². The van der Waals surface area contributed by atoms with Gasteiger partial charge in [-0.1, -0.05) is 29.8 Å². The largest absolute Gasteiger partial charge is 0.494 e. The molecule has 2 aliphatic heterocycles. The van der Waals surface area contributed by atoms with Crippen molar-refractivity contribution in [2.45, 2.75) is 56.7 Å². The van der Waals surface area contributed by atoms with E-state index in [0.717, 1.165) is 22.4 Å². The predicted octanol–water partition coefficient (Wildman–Crippen LogP) is 3.80. The number of aliphatic hydroxyl groups excluding tert-OH is 2. The summed E-state index contributed by atoms with van der Waals surface area (Å²) in [7, 11) is 0. The number of halogens is 1. The second-order valence-electron chi connectivity index (χ2n) is 8.01. The smallest absolute Gasteiger partial charge is 0.198 e. The van der Waals surface area contributed by atoms with Crippen molar-refractivity contribution in [2.24, 2.45) is 0 Å². The van der Waals surface area contributed by atoms with Gasteiger partial charge in [0, 0.05) is 23.4 Å². The van der Waals surface area contributed by atoms with Crippen LogP contribution < -0.4 is 4.74 Å². The summed E-state index contributed by atoms with van der Waals surface area (Å²) in [6.45, 7) is 4.52. The van der Waals surface area contributed by atoms with Crippen LogP contribution in [0.25, 0.3) is 0 Å². The first-order valence-electron chi connectivity index (χ1n) is 10.1. The Bertz CT molecular complexity index is 868. The van der Waals surface area contributed by atoms with Crippen molar-refractivity contribution >= 4 is 11.6 Å². The van der Waals surface area contributed by atoms with Crippen LogP contribution in [0.15, 0.2) is 42.5 Å². The monoisotopic (exact) mass is 418 g/mol. The van der Waals surface area contributed by atoms with Crippen LogP contribution in [0, 0.1) is 0 Å². The van der Waals surface area contributed by atoms with Gasteiger partial charge in [0.1, 0.15) is 11.4 Å². The van der Waals surface area contributed by atoms with Crippen molar-refractivity contribution in [3.05, 3.63) is 64.2 Å². The molecule has 2 fully saturated rings. The molecule has 156 valence electrons. The first-order valence-corrected chi connectivity index (χ1v) is 10.4. The molecule has 2 aromatic rings. The lowest BCUT2D eigenvalue weighted by atomic mass is 9.85. The van der Waals surface area contributed by atoms with Crippen molar-refractivity contribution in [3.8, 4) is 5.75 Å². The van der Waals surface area contributed by atoms with Crippen molar-refractivity contribution < 1.29 is 24.4 Å². The summed E-state index contributed by atoms with van der Waals surface area (Å²) in [5.41, 5.74) is 1.99. The van der Waals surface area contributed by atoms with Gasteiger partial charge >= 0.3 is 0 Å². The Morgan fingerprint density at radius 2 is 1.97 bits per heavy atom. The van der Waals surface area contributed by atoms with E-state index in [9.17, 15) is 10.2 Å². The number of hydrogen-bond acceptors (Lipinski definition) is 5. The van der Waals surface area contributed by atoms with Crippen LogP contribution in [0.1, 0.15) is 43.4 Å². The van der Waals surface area contributed by atoms with Crippen LogP contribution in [-0.2, 0) is 21.7 Å². The molecule has 4 rings (SSSR count). The maximum absolute atomic E-state index is 10.5. The Morgan fingerprint density at radius 3 is 2.66 bits per heavy atom. The molecule has 2 bridgehead atoms. The molecule has 29 heavy (non-hydrogen) atoms. The summed E-state index contributed by atoms with van der Waals surface area (Å²) in [6.07, 6.45) is -0.00906. The molecule has 0 spiro atoms. The standard InChI is InChI=1S/C23H27ClO5/c1-3-27-20-7-4-16(5-8-20)10-17-11-18(6-9-21(17)24)23-13-19(26)12-22(29-23,14-28-23)15(2)25/h4-9,11,15,19,25-26H,3,10,12-14H2,1-2H3/t15-,19+,22-,23-/m1/s1. The highest BCUT2D eigenvalue weighted by atomic mass is 35.5. The summed E-state index contributed by atoms with van der Waals surface area (Å²) in [5, 5.41) is 21.4. The fourth-order valence-corrected chi connectivity index (χ4v) is 4.47. The average molecular weight is 419 g/mol. The molecule has 0 amide bonds. The van der Waals surface area contributed by atoms with Crippen LogP contribution in [0.5, 0.6) is 5.75 Å². The lowest BCUT2D eigenvalue weighted by Gasteiger charge is -2.41. The molecule has 0 radical (unpaired) electrons. The SMILES string of the molecule is CCOc1ccc(Cc2cc([C@]34C[C@@H](O)C[C@]([C@@H](C)O)(CO3)O4)ccc2Cl)cc1. The molecular formula is C23H27ClO5. The fourth-order valence-electron chi connectivity index (χ4n) is 4.28. The Labute approximate surface area is 176 Å². The molecule has 5 nitrogen and oxygen atoms in total. The summed E-state index contributed by atoms with van der Waals surface area (Å²) < 4.78 is 17.9. The van der Waals surface area contributed by atoms with Crippen molar-refractivity contribution in [1.82, 2.24) is 0 Å². The van der Waals surface area contributed by atoms with Gasteiger partial charge in [-0.2, -0.15) is 0 Å². The highest BCUT2D eigenvalue weighted by Gasteiger charge is 2.59. The minimum atomic E-state index is -1.06. The maximum atomic E-state index is 10.5. The quantitative estimate of drug-likeness (QED) is 0.746. The van der Waals surface area contributed by atoms with Crippen LogP contribution in [0.4, 0.5) is 0 Å². The normalized spacial score (nSPS) is 29.6. The van der Waals surface area contributed by atoms with Crippen molar-refractivity contribution in [1.29, 1.82) is 0 Å². The summed E-state index contributed by atoms with van der Waals surface area (Å²) in [4.78, 5) is 0. The minimum absolute atomic E-state index is 0.249. The zero-order valence-corrected chi connectivity index (χ0v) is 17.5. The number of hydrogen-bond donors (Lipinski definition) is 2. The third-order valence-electron chi connectivity index (χ3n) is 5.88. The molecule has 0 aliphatic carbocycles. The number of rotatable bonds is 6. The van der Waals surface area contributed by atoms with Gasteiger partial charge in [0.25, 0.3) is 0 Å². The van der Waals surface area contributed by atoms with Gasteiger partial charge < -0.3 is 24.4 Å². The topological polar surface area (TPSA) is 68.2 Å². The zero-order chi connectivity index (χ0) is 20.6. The number of fused-ring (bicyclic) bond motifs is 2. The van der Waals surface area contributed by atoms with Crippen LogP contribution in [0.3, 0.4) is 0 Å². The number of aliphatic hydroxyl groups is 2. The summed E-state index contributed by atoms with van der Waals surface area (Å²) in [6, 6.07) is 13.6. The van der Waals surface area contributed by atoms with E-state index in [0.29, 0.717) is 30.9 Å². The molecular weight excluding hydrogens is 392 g/mol. The predicted molar refractivity (Wildman–Crippen MR) is 110 cm³/mol. The Balaban J connectivity index is 1.61. The molecule has 0 aromatic heterocycles. The van der Waals surface area contributed by atoms with E-state index in [1.807, 2.05) is 49.4 Å². The van der Waals surface area contributed by atoms with Crippen LogP contribution in [0.2, 0.25) is 5.02 Å². The summed E-state index contributed by atoms with van der Waals surface area (Å²) in [5.74, 6) is -0.222. The number of benzene rings is 2. The van der Waals surface area contributed by atoms with Gasteiger partial charge in [-0.25, -0.2) is 0 Å². The minimum Gasteiger partial charge on any atom is -0.494 e. The fraction of sp³-hybridized carbons (Fsp3) is 0.478. The van der Waals surface area contributed by atoms with Gasteiger partial charge in [0.2, 0.25) is 0 Å². The molecule has 2 aliphatic rings. The third kappa shape index (κ3) is 3.90. The Kier molecular flexibility index (Phi) is 5.62. The lowest BCUT2D eigenvalue weighted by Crippen LogP contribution is -2.51. The molecule has 2 heterocycles. The third-order valence-corrected chi connectivity index (χ3v) is 6.25. The van der Waals surface area contributed by atoms with Gasteiger partial charge in [-0.05, 0) is 55.7 Å². The first-order chi connectivity index (χ1) is 13.9. The molecule has 4 atom stereocenters. The second kappa shape index (κ2) is 7.89. The second-order valence-corrected chi connectivity index (χ2v) is 8.41. The van der Waals surface area contributed by atoms with Crippen LogP contribution in [-0.4, -0.2) is 41.2 Å². The number of ether oxygens (including phenoxy) is 3. The molecule has 0 saturated carbocycles.